The van der Waals surface area contributed by atoms with Gasteiger partial charge in [-0.25, -0.2) is 9.69 Å². The van der Waals surface area contributed by atoms with E-state index in [0.717, 1.165) is 16.0 Å². The first-order chi connectivity index (χ1) is 16.8. The first kappa shape index (κ1) is 24.7. The average molecular weight is 603 g/mol. The summed E-state index contributed by atoms with van der Waals surface area (Å²) in [6, 6.07) is 16.9. The number of imide groups is 2. The van der Waals surface area contributed by atoms with E-state index in [1.807, 2.05) is 25.1 Å². The zero-order chi connectivity index (χ0) is 25.1. The number of barbiturate groups is 1. The highest BCUT2D eigenvalue weighted by atomic mass is 127. The highest BCUT2D eigenvalue weighted by Gasteiger charge is 2.36. The molecule has 4 rings (SSSR count). The molecule has 4 amide bonds. The summed E-state index contributed by atoms with van der Waals surface area (Å²) >= 11 is 8.31. The maximum absolute atomic E-state index is 13.1. The summed E-state index contributed by atoms with van der Waals surface area (Å²) in [5.41, 5.74) is 2.53. The molecule has 1 aliphatic heterocycles. The van der Waals surface area contributed by atoms with Crippen molar-refractivity contribution in [1.82, 2.24) is 5.32 Å². The Morgan fingerprint density at radius 3 is 2.46 bits per heavy atom. The summed E-state index contributed by atoms with van der Waals surface area (Å²) in [6.45, 7) is 2.13. The molecular weight excluding hydrogens is 583 g/mol. The highest BCUT2D eigenvalue weighted by Crippen LogP contribution is 2.36. The van der Waals surface area contributed by atoms with Gasteiger partial charge in [0.25, 0.3) is 11.8 Å². The number of hydrogen-bond donors (Lipinski definition) is 1. The molecule has 0 aromatic heterocycles. The van der Waals surface area contributed by atoms with Gasteiger partial charge in [-0.2, -0.15) is 0 Å². The molecule has 1 saturated heterocycles. The van der Waals surface area contributed by atoms with E-state index in [0.29, 0.717) is 31.3 Å². The standard InChI is InChI=1S/C26H20ClIN2O5/c1-15-7-9-18(10-8-15)30-25(32)19(24(31)29-26(30)33)11-16-12-21(28)23(22(13-16)34-2)35-14-17-5-3-4-6-20(17)27/h3-13H,14H2,1-2H3,(H,29,31,33). The number of methoxy groups -OCH3 is 1. The molecule has 9 heteroatoms. The fourth-order valence-electron chi connectivity index (χ4n) is 3.48. The lowest BCUT2D eigenvalue weighted by molar-refractivity contribution is -0.122. The molecule has 0 spiro atoms. The predicted octanol–water partition coefficient (Wildman–Crippen LogP) is 5.51. The van der Waals surface area contributed by atoms with Gasteiger partial charge in [-0.1, -0.05) is 47.5 Å². The molecule has 1 heterocycles. The van der Waals surface area contributed by atoms with E-state index in [1.54, 1.807) is 42.5 Å². The Morgan fingerprint density at radius 2 is 1.77 bits per heavy atom. The van der Waals surface area contributed by atoms with Crippen molar-refractivity contribution in [3.63, 3.8) is 0 Å². The van der Waals surface area contributed by atoms with Gasteiger partial charge >= 0.3 is 6.03 Å². The molecule has 1 aliphatic rings. The number of ether oxygens (including phenoxy) is 2. The van der Waals surface area contributed by atoms with Crippen molar-refractivity contribution in [2.45, 2.75) is 13.5 Å². The fourth-order valence-corrected chi connectivity index (χ4v) is 4.45. The van der Waals surface area contributed by atoms with Crippen molar-refractivity contribution < 1.29 is 23.9 Å². The summed E-state index contributed by atoms with van der Waals surface area (Å²) in [5.74, 6) is -0.552. The summed E-state index contributed by atoms with van der Waals surface area (Å²) in [5, 5.41) is 2.82. The third-order valence-corrected chi connectivity index (χ3v) is 6.46. The number of aryl methyl sites for hydroxylation is 1. The van der Waals surface area contributed by atoms with Crippen LogP contribution >= 0.6 is 34.2 Å². The van der Waals surface area contributed by atoms with Crippen LogP contribution in [0.1, 0.15) is 16.7 Å². The van der Waals surface area contributed by atoms with Gasteiger partial charge in [0.15, 0.2) is 11.5 Å². The van der Waals surface area contributed by atoms with Crippen LogP contribution in [0.5, 0.6) is 11.5 Å². The van der Waals surface area contributed by atoms with Crippen molar-refractivity contribution >= 4 is 63.8 Å². The summed E-state index contributed by atoms with van der Waals surface area (Å²) < 4.78 is 12.2. The van der Waals surface area contributed by atoms with Crippen LogP contribution in [0.25, 0.3) is 6.08 Å². The molecule has 1 fully saturated rings. The molecule has 3 aromatic carbocycles. The Hall–Kier alpha value is -3.37. The molecule has 0 bridgehead atoms. The van der Waals surface area contributed by atoms with Crippen LogP contribution in [0, 0.1) is 10.5 Å². The van der Waals surface area contributed by atoms with Crippen molar-refractivity contribution in [2.75, 3.05) is 12.0 Å². The SMILES string of the molecule is COc1cc(C=C2C(=O)NC(=O)N(c3ccc(C)cc3)C2=O)cc(I)c1OCc1ccccc1Cl. The Labute approximate surface area is 220 Å². The molecule has 35 heavy (non-hydrogen) atoms. The van der Waals surface area contributed by atoms with E-state index in [9.17, 15) is 14.4 Å². The van der Waals surface area contributed by atoms with Crippen LogP contribution in [0.3, 0.4) is 0 Å². The minimum absolute atomic E-state index is 0.173. The number of carbonyl (C=O) groups is 3. The maximum atomic E-state index is 13.1. The molecular formula is C26H20ClIN2O5. The van der Waals surface area contributed by atoms with E-state index < -0.39 is 17.8 Å². The Bertz CT molecular complexity index is 1350. The zero-order valence-electron chi connectivity index (χ0n) is 18.8. The van der Waals surface area contributed by atoms with Crippen molar-refractivity contribution in [3.05, 3.63) is 91.5 Å². The lowest BCUT2D eigenvalue weighted by Crippen LogP contribution is -2.54. The number of nitrogens with zero attached hydrogens (tertiary/aromatic N) is 1. The van der Waals surface area contributed by atoms with Gasteiger partial charge in [-0.15, -0.1) is 0 Å². The summed E-state index contributed by atoms with van der Waals surface area (Å²) in [4.78, 5) is 39.0. The lowest BCUT2D eigenvalue weighted by atomic mass is 10.1. The molecule has 0 saturated carbocycles. The van der Waals surface area contributed by atoms with Gasteiger partial charge in [-0.3, -0.25) is 14.9 Å². The first-order valence-electron chi connectivity index (χ1n) is 10.5. The second-order valence-corrected chi connectivity index (χ2v) is 9.28. The Morgan fingerprint density at radius 1 is 1.06 bits per heavy atom. The number of urea groups is 1. The highest BCUT2D eigenvalue weighted by molar-refractivity contribution is 14.1. The van der Waals surface area contributed by atoms with Crippen molar-refractivity contribution in [3.8, 4) is 11.5 Å². The van der Waals surface area contributed by atoms with Crippen LogP contribution in [0.2, 0.25) is 5.02 Å². The third kappa shape index (κ3) is 5.33. The van der Waals surface area contributed by atoms with Gasteiger partial charge in [-0.05, 0) is 71.5 Å². The molecule has 7 nitrogen and oxygen atoms in total. The van der Waals surface area contributed by atoms with Gasteiger partial charge in [0.05, 0.1) is 16.4 Å². The smallest absolute Gasteiger partial charge is 0.335 e. The molecule has 178 valence electrons. The minimum atomic E-state index is -0.795. The number of carbonyl (C=O) groups excluding carboxylic acids is 3. The number of rotatable bonds is 6. The van der Waals surface area contributed by atoms with E-state index in [4.69, 9.17) is 21.1 Å². The van der Waals surface area contributed by atoms with Gasteiger partial charge in [0, 0.05) is 10.6 Å². The Balaban J connectivity index is 1.64. The monoisotopic (exact) mass is 602 g/mol. The number of amides is 4. The second kappa shape index (κ2) is 10.5. The van der Waals surface area contributed by atoms with Crippen LogP contribution in [0.4, 0.5) is 10.5 Å². The molecule has 0 unspecified atom stereocenters. The molecule has 0 radical (unpaired) electrons. The van der Waals surface area contributed by atoms with Crippen molar-refractivity contribution in [2.24, 2.45) is 0 Å². The molecule has 0 aliphatic carbocycles. The molecule has 0 atom stereocenters. The van der Waals surface area contributed by atoms with Crippen LogP contribution in [0.15, 0.2) is 66.2 Å². The number of anilines is 1. The van der Waals surface area contributed by atoms with E-state index in [2.05, 4.69) is 27.9 Å². The minimum Gasteiger partial charge on any atom is -0.493 e. The first-order valence-corrected chi connectivity index (χ1v) is 12.0. The van der Waals surface area contributed by atoms with Gasteiger partial charge in [0.1, 0.15) is 12.2 Å². The lowest BCUT2D eigenvalue weighted by Gasteiger charge is -2.26. The van der Waals surface area contributed by atoms with Gasteiger partial charge in [0.2, 0.25) is 0 Å². The maximum Gasteiger partial charge on any atom is 0.335 e. The molecule has 3 aromatic rings. The number of benzene rings is 3. The van der Waals surface area contributed by atoms with E-state index >= 15 is 0 Å². The normalized spacial score (nSPS) is 14.8. The fraction of sp³-hybridized carbons (Fsp3) is 0.115. The average Bonchev–Trinajstić information content (AvgIpc) is 2.83. The number of hydrogen-bond acceptors (Lipinski definition) is 5. The largest absolute Gasteiger partial charge is 0.493 e. The van der Waals surface area contributed by atoms with Crippen molar-refractivity contribution in [1.29, 1.82) is 0 Å². The van der Waals surface area contributed by atoms with E-state index in [-0.39, 0.29) is 12.2 Å². The number of halogens is 2. The summed E-state index contributed by atoms with van der Waals surface area (Å²) in [6.07, 6.45) is 1.42. The van der Waals surface area contributed by atoms with Crippen LogP contribution < -0.4 is 19.7 Å². The van der Waals surface area contributed by atoms with Crippen LogP contribution in [-0.2, 0) is 16.2 Å². The quantitative estimate of drug-likeness (QED) is 0.229. The predicted molar refractivity (Wildman–Crippen MR) is 142 cm³/mol. The number of nitrogens with one attached hydrogen (secondary N) is 1. The van der Waals surface area contributed by atoms with Gasteiger partial charge < -0.3 is 9.47 Å². The second-order valence-electron chi connectivity index (χ2n) is 7.71. The van der Waals surface area contributed by atoms with E-state index in [1.165, 1.54) is 13.2 Å². The third-order valence-electron chi connectivity index (χ3n) is 5.29. The summed E-state index contributed by atoms with van der Waals surface area (Å²) in [7, 11) is 1.50. The zero-order valence-corrected chi connectivity index (χ0v) is 21.7. The topological polar surface area (TPSA) is 84.9 Å². The van der Waals surface area contributed by atoms with Crippen LogP contribution in [-0.4, -0.2) is 25.0 Å². The Kier molecular flexibility index (Phi) is 7.42. The molecule has 1 N–H and O–H groups in total.